The molecule has 0 saturated carbocycles. The second-order valence-electron chi connectivity index (χ2n) is 4.36. The van der Waals surface area contributed by atoms with Gasteiger partial charge < -0.3 is 4.98 Å². The third-order valence-corrected chi connectivity index (χ3v) is 3.88. The molecule has 1 aromatic rings. The van der Waals surface area contributed by atoms with Gasteiger partial charge in [0.15, 0.2) is 0 Å². The van der Waals surface area contributed by atoms with Crippen molar-refractivity contribution in [1.29, 1.82) is 0 Å². The molecule has 15 heavy (non-hydrogen) atoms. The molecule has 0 atom stereocenters. The first kappa shape index (κ1) is 12.8. The van der Waals surface area contributed by atoms with E-state index >= 15 is 0 Å². The predicted molar refractivity (Wildman–Crippen MR) is 69.7 cm³/mol. The summed E-state index contributed by atoms with van der Waals surface area (Å²) in [5, 5.41) is 1.45. The van der Waals surface area contributed by atoms with Crippen molar-refractivity contribution in [3.8, 4) is 0 Å². The minimum atomic E-state index is 1.27. The minimum absolute atomic E-state index is 1.27. The summed E-state index contributed by atoms with van der Waals surface area (Å²) in [6, 6.07) is 0. The van der Waals surface area contributed by atoms with E-state index < -0.39 is 0 Å². The first-order chi connectivity index (χ1) is 7.33. The van der Waals surface area contributed by atoms with Crippen molar-refractivity contribution in [2.45, 2.75) is 65.2 Å². The van der Waals surface area contributed by atoms with Crippen molar-refractivity contribution in [2.24, 2.45) is 0 Å². The topological polar surface area (TPSA) is 15.8 Å². The number of aromatic nitrogens is 1. The molecule has 0 amide bonds. The average molecular weight is 225 g/mol. The SMILES string of the molecule is CCCCCCCCCc1[nH]cc(C)p1. The fourth-order valence-electron chi connectivity index (χ4n) is 1.84. The molecule has 0 aliphatic rings. The van der Waals surface area contributed by atoms with Crippen LogP contribution in [0, 0.1) is 6.92 Å². The summed E-state index contributed by atoms with van der Waals surface area (Å²) in [4.78, 5) is 3.36. The number of nitrogens with one attached hydrogen (secondary N) is 1. The summed E-state index contributed by atoms with van der Waals surface area (Å²) < 4.78 is 0. The lowest BCUT2D eigenvalue weighted by molar-refractivity contribution is 0.589. The molecule has 0 aliphatic heterocycles. The van der Waals surface area contributed by atoms with Gasteiger partial charge in [0.05, 0.1) is 0 Å². The van der Waals surface area contributed by atoms with Gasteiger partial charge >= 0.3 is 0 Å². The van der Waals surface area contributed by atoms with E-state index in [0.717, 1.165) is 0 Å². The van der Waals surface area contributed by atoms with Crippen LogP contribution in [-0.4, -0.2) is 4.98 Å². The zero-order valence-corrected chi connectivity index (χ0v) is 11.1. The number of hydrogen-bond donors (Lipinski definition) is 1. The number of unbranched alkanes of at least 4 members (excludes halogenated alkanes) is 6. The van der Waals surface area contributed by atoms with Crippen LogP contribution in [0.2, 0.25) is 0 Å². The standard InChI is InChI=1S/C13H24NP/c1-3-4-5-6-7-8-9-10-13-14-11-12(2)15-13/h11,14H,3-10H2,1-2H3. The van der Waals surface area contributed by atoms with Crippen molar-refractivity contribution in [3.05, 3.63) is 16.9 Å². The van der Waals surface area contributed by atoms with Gasteiger partial charge in [0.1, 0.15) is 0 Å². The molecule has 1 nitrogen and oxygen atoms in total. The van der Waals surface area contributed by atoms with Gasteiger partial charge in [-0.1, -0.05) is 45.4 Å². The van der Waals surface area contributed by atoms with Crippen LogP contribution in [0.5, 0.6) is 0 Å². The molecule has 0 saturated heterocycles. The molecule has 0 spiro atoms. The van der Waals surface area contributed by atoms with Crippen LogP contribution in [0.4, 0.5) is 0 Å². The second-order valence-corrected chi connectivity index (χ2v) is 5.83. The Morgan fingerprint density at radius 1 is 1.07 bits per heavy atom. The van der Waals surface area contributed by atoms with Gasteiger partial charge in [-0.2, -0.15) is 0 Å². The Morgan fingerprint density at radius 2 is 1.73 bits per heavy atom. The van der Waals surface area contributed by atoms with E-state index in [2.05, 4.69) is 25.0 Å². The van der Waals surface area contributed by atoms with Crippen molar-refractivity contribution in [1.82, 2.24) is 4.98 Å². The Hall–Kier alpha value is -0.290. The van der Waals surface area contributed by atoms with Gasteiger partial charge in [0.2, 0.25) is 0 Å². The molecule has 1 heterocycles. The summed E-state index contributed by atoms with van der Waals surface area (Å²) >= 11 is 0. The van der Waals surface area contributed by atoms with Gasteiger partial charge in [-0.3, -0.25) is 0 Å². The number of rotatable bonds is 8. The van der Waals surface area contributed by atoms with E-state index in [-0.39, 0.29) is 0 Å². The van der Waals surface area contributed by atoms with Crippen molar-refractivity contribution >= 4 is 8.19 Å². The van der Waals surface area contributed by atoms with Gasteiger partial charge in [-0.25, -0.2) is 0 Å². The van der Waals surface area contributed by atoms with Crippen LogP contribution in [0.25, 0.3) is 0 Å². The highest BCUT2D eigenvalue weighted by molar-refractivity contribution is 7.31. The molecule has 0 aromatic carbocycles. The highest BCUT2D eigenvalue weighted by atomic mass is 31.0. The highest BCUT2D eigenvalue weighted by Crippen LogP contribution is 2.20. The quantitative estimate of drug-likeness (QED) is 0.585. The first-order valence-electron chi connectivity index (χ1n) is 6.34. The van der Waals surface area contributed by atoms with Crippen molar-refractivity contribution in [3.63, 3.8) is 0 Å². The molecule has 0 aliphatic carbocycles. The fourth-order valence-corrected chi connectivity index (χ4v) is 2.80. The lowest BCUT2D eigenvalue weighted by atomic mass is 10.1. The third kappa shape index (κ3) is 5.99. The number of aromatic amines is 1. The fraction of sp³-hybridized carbons (Fsp3) is 0.769. The lowest BCUT2D eigenvalue weighted by Crippen LogP contribution is -1.84. The van der Waals surface area contributed by atoms with Crippen molar-refractivity contribution < 1.29 is 0 Å². The maximum atomic E-state index is 3.36. The highest BCUT2D eigenvalue weighted by Gasteiger charge is 1.96. The molecule has 0 unspecified atom stereocenters. The zero-order valence-electron chi connectivity index (χ0n) is 10.2. The van der Waals surface area contributed by atoms with E-state index in [1.807, 2.05) is 0 Å². The van der Waals surface area contributed by atoms with Gasteiger partial charge in [-0.15, -0.1) is 0 Å². The molecule has 0 fully saturated rings. The second kappa shape index (κ2) is 7.93. The predicted octanol–water partition coefficient (Wildman–Crippen LogP) is 5.20. The van der Waals surface area contributed by atoms with Gasteiger partial charge in [0, 0.05) is 11.6 Å². The largest absolute Gasteiger partial charge is 0.361 e. The van der Waals surface area contributed by atoms with E-state index in [9.17, 15) is 0 Å². The summed E-state index contributed by atoms with van der Waals surface area (Å²) in [5.74, 6) is 0. The molecule has 1 rings (SSSR count). The lowest BCUT2D eigenvalue weighted by Gasteiger charge is -1.99. The van der Waals surface area contributed by atoms with Crippen molar-refractivity contribution in [2.75, 3.05) is 0 Å². The van der Waals surface area contributed by atoms with Gasteiger partial charge in [-0.05, 0) is 33.3 Å². The minimum Gasteiger partial charge on any atom is -0.361 e. The third-order valence-electron chi connectivity index (χ3n) is 2.78. The Bertz CT molecular complexity index is 255. The van der Waals surface area contributed by atoms with Gasteiger partial charge in [0.25, 0.3) is 0 Å². The summed E-state index contributed by atoms with van der Waals surface area (Å²) in [6.45, 7) is 4.46. The number of H-pyrrole nitrogens is 1. The molecule has 2 heteroatoms. The molecule has 1 aromatic heterocycles. The normalized spacial score (nSPS) is 11.3. The van der Waals surface area contributed by atoms with Crippen LogP contribution in [0.3, 0.4) is 0 Å². The maximum absolute atomic E-state index is 3.36. The van der Waals surface area contributed by atoms with E-state index in [1.54, 1.807) is 0 Å². The Kier molecular flexibility index (Phi) is 6.76. The molecular formula is C13H24NP. The number of aryl methyl sites for hydroxylation is 2. The van der Waals surface area contributed by atoms with E-state index in [0.29, 0.717) is 0 Å². The average Bonchev–Trinajstić information content (AvgIpc) is 2.63. The van der Waals surface area contributed by atoms with Crippen LogP contribution in [0.1, 0.15) is 62.6 Å². The number of hydrogen-bond acceptors (Lipinski definition) is 0. The molecule has 0 bridgehead atoms. The Balaban J connectivity index is 1.93. The molecular weight excluding hydrogens is 201 g/mol. The summed E-state index contributed by atoms with van der Waals surface area (Å²) in [7, 11) is 1.43. The maximum Gasteiger partial charge on any atom is 0.0427 e. The van der Waals surface area contributed by atoms with Crippen LogP contribution in [-0.2, 0) is 6.42 Å². The molecule has 1 N–H and O–H groups in total. The summed E-state index contributed by atoms with van der Waals surface area (Å²) in [6.07, 6.45) is 13.2. The smallest absolute Gasteiger partial charge is 0.0427 e. The Morgan fingerprint density at radius 3 is 2.33 bits per heavy atom. The molecule has 0 radical (unpaired) electrons. The summed E-state index contributed by atoms with van der Waals surface area (Å²) in [5.41, 5.74) is 1.50. The van der Waals surface area contributed by atoms with E-state index in [4.69, 9.17) is 0 Å². The first-order valence-corrected chi connectivity index (χ1v) is 7.23. The van der Waals surface area contributed by atoms with Crippen LogP contribution < -0.4 is 0 Å². The zero-order chi connectivity index (χ0) is 10.9. The van der Waals surface area contributed by atoms with Crippen LogP contribution >= 0.6 is 8.19 Å². The Labute approximate surface area is 95.8 Å². The monoisotopic (exact) mass is 225 g/mol. The van der Waals surface area contributed by atoms with Crippen LogP contribution in [0.15, 0.2) is 6.20 Å². The molecule has 86 valence electrons. The van der Waals surface area contributed by atoms with E-state index in [1.165, 1.54) is 70.3 Å².